The Bertz CT molecular complexity index is 521. The normalized spacial score (nSPS) is 29.7. The van der Waals surface area contributed by atoms with Crippen LogP contribution < -0.4 is 0 Å². The van der Waals surface area contributed by atoms with Crippen molar-refractivity contribution in [2.24, 2.45) is 10.8 Å². The number of ether oxygens (including phenoxy) is 2. The highest BCUT2D eigenvalue weighted by Gasteiger charge is 2.87. The van der Waals surface area contributed by atoms with E-state index in [0.717, 1.165) is 25.9 Å². The first-order valence-corrected chi connectivity index (χ1v) is 7.72. The molecular formula is C18H24O3. The van der Waals surface area contributed by atoms with E-state index >= 15 is 0 Å². The van der Waals surface area contributed by atoms with Crippen molar-refractivity contribution in [2.75, 3.05) is 6.61 Å². The monoisotopic (exact) mass is 288 g/mol. The number of fused-ring (bicyclic) bond motifs is 1. The van der Waals surface area contributed by atoms with Gasteiger partial charge in [0.2, 0.25) is 0 Å². The molecule has 3 nitrogen and oxygen atoms in total. The van der Waals surface area contributed by atoms with Gasteiger partial charge in [-0.3, -0.25) is 4.79 Å². The summed E-state index contributed by atoms with van der Waals surface area (Å²) < 4.78 is 11.3. The number of hydrogen-bond donors (Lipinski definition) is 0. The van der Waals surface area contributed by atoms with E-state index in [2.05, 4.69) is 12.1 Å². The maximum absolute atomic E-state index is 12.2. The summed E-state index contributed by atoms with van der Waals surface area (Å²) in [4.78, 5) is 12.2. The molecule has 0 aliphatic heterocycles. The predicted octanol–water partition coefficient (Wildman–Crippen LogP) is 3.72. The maximum Gasteiger partial charge on any atom is 0.313 e. The molecule has 2 saturated carbocycles. The number of carbonyl (C=O) groups is 1. The molecule has 0 atom stereocenters. The van der Waals surface area contributed by atoms with Gasteiger partial charge in [0.1, 0.15) is 5.60 Å². The Morgan fingerprint density at radius 1 is 1.19 bits per heavy atom. The summed E-state index contributed by atoms with van der Waals surface area (Å²) in [5.41, 5.74) is 0.856. The second-order valence-corrected chi connectivity index (χ2v) is 7.51. The molecule has 0 amide bonds. The summed E-state index contributed by atoms with van der Waals surface area (Å²) >= 11 is 0. The van der Waals surface area contributed by atoms with Crippen molar-refractivity contribution < 1.29 is 14.3 Å². The van der Waals surface area contributed by atoms with Gasteiger partial charge in [0.05, 0.1) is 12.0 Å². The van der Waals surface area contributed by atoms with Gasteiger partial charge in [-0.2, -0.15) is 0 Å². The highest BCUT2D eigenvalue weighted by atomic mass is 16.6. The summed E-state index contributed by atoms with van der Waals surface area (Å²) in [6.45, 7) is 7.15. The molecule has 21 heavy (non-hydrogen) atoms. The minimum atomic E-state index is -0.382. The molecule has 0 aromatic heterocycles. The molecule has 1 aromatic rings. The van der Waals surface area contributed by atoms with Crippen LogP contribution in [0.2, 0.25) is 0 Å². The van der Waals surface area contributed by atoms with Crippen LogP contribution in [0.4, 0.5) is 0 Å². The summed E-state index contributed by atoms with van der Waals surface area (Å²) in [5, 5.41) is 0. The topological polar surface area (TPSA) is 35.5 Å². The third-order valence-electron chi connectivity index (χ3n) is 4.67. The van der Waals surface area contributed by atoms with Crippen LogP contribution in [0.1, 0.15) is 45.6 Å². The van der Waals surface area contributed by atoms with Crippen molar-refractivity contribution in [3.05, 3.63) is 35.9 Å². The highest BCUT2D eigenvalue weighted by Crippen LogP contribution is 2.88. The predicted molar refractivity (Wildman–Crippen MR) is 80.7 cm³/mol. The van der Waals surface area contributed by atoms with Crippen molar-refractivity contribution in [1.29, 1.82) is 0 Å². The Kier molecular flexibility index (Phi) is 3.36. The Labute approximate surface area is 126 Å². The first-order chi connectivity index (χ1) is 9.87. The van der Waals surface area contributed by atoms with E-state index in [1.54, 1.807) is 0 Å². The molecule has 114 valence electrons. The lowest BCUT2D eigenvalue weighted by Crippen LogP contribution is -2.26. The SMILES string of the molecule is CC(C)(C)OC(=O)C12CC1(CCOCc1ccccc1)C2. The molecule has 2 aliphatic rings. The van der Waals surface area contributed by atoms with Gasteiger partial charge >= 0.3 is 5.97 Å². The van der Waals surface area contributed by atoms with Crippen LogP contribution in [0, 0.1) is 10.8 Å². The highest BCUT2D eigenvalue weighted by molar-refractivity contribution is 5.87. The van der Waals surface area contributed by atoms with Gasteiger partial charge in [-0.1, -0.05) is 30.3 Å². The van der Waals surface area contributed by atoms with Crippen molar-refractivity contribution in [2.45, 2.75) is 52.2 Å². The van der Waals surface area contributed by atoms with E-state index in [9.17, 15) is 4.79 Å². The summed E-state index contributed by atoms with van der Waals surface area (Å²) in [6, 6.07) is 10.2. The standard InChI is InChI=1S/C18H24O3/c1-16(2,3)21-15(19)18-12-17(18,13-18)9-10-20-11-14-7-5-4-6-8-14/h4-8H,9-13H2,1-3H3. The Hall–Kier alpha value is -1.35. The van der Waals surface area contributed by atoms with Gasteiger partial charge in [0.15, 0.2) is 0 Å². The zero-order valence-electron chi connectivity index (χ0n) is 13.1. The van der Waals surface area contributed by atoms with Crippen molar-refractivity contribution in [3.63, 3.8) is 0 Å². The second-order valence-electron chi connectivity index (χ2n) is 7.51. The molecule has 0 N–H and O–H groups in total. The Balaban J connectivity index is 1.40. The average molecular weight is 288 g/mol. The quantitative estimate of drug-likeness (QED) is 0.591. The fourth-order valence-corrected chi connectivity index (χ4v) is 3.20. The van der Waals surface area contributed by atoms with Crippen LogP contribution in [-0.2, 0) is 20.9 Å². The van der Waals surface area contributed by atoms with Crippen molar-refractivity contribution in [1.82, 2.24) is 0 Å². The first-order valence-electron chi connectivity index (χ1n) is 7.72. The fraction of sp³-hybridized carbons (Fsp3) is 0.611. The third-order valence-corrected chi connectivity index (χ3v) is 4.67. The van der Waals surface area contributed by atoms with Gasteiger partial charge in [-0.15, -0.1) is 0 Å². The molecule has 0 saturated heterocycles. The largest absolute Gasteiger partial charge is 0.460 e. The van der Waals surface area contributed by atoms with Crippen LogP contribution >= 0.6 is 0 Å². The molecule has 3 rings (SSSR count). The average Bonchev–Trinajstić information content (AvgIpc) is 3.21. The molecule has 1 aromatic carbocycles. The molecule has 0 heterocycles. The molecule has 0 unspecified atom stereocenters. The third kappa shape index (κ3) is 2.84. The Morgan fingerprint density at radius 3 is 2.48 bits per heavy atom. The van der Waals surface area contributed by atoms with Crippen LogP contribution in [-0.4, -0.2) is 18.2 Å². The minimum Gasteiger partial charge on any atom is -0.460 e. The zero-order valence-corrected chi connectivity index (χ0v) is 13.1. The fourth-order valence-electron chi connectivity index (χ4n) is 3.20. The van der Waals surface area contributed by atoms with Gasteiger partial charge in [0, 0.05) is 6.61 Å². The van der Waals surface area contributed by atoms with E-state index in [-0.39, 0.29) is 22.4 Å². The van der Waals surface area contributed by atoms with Gasteiger partial charge in [-0.25, -0.2) is 0 Å². The molecular weight excluding hydrogens is 264 g/mol. The molecule has 2 aliphatic carbocycles. The summed E-state index contributed by atoms with van der Waals surface area (Å²) in [6.07, 6.45) is 2.95. The van der Waals surface area contributed by atoms with E-state index in [0.29, 0.717) is 6.61 Å². The molecule has 2 fully saturated rings. The minimum absolute atomic E-state index is 0.00180. The van der Waals surface area contributed by atoms with Gasteiger partial charge in [0.25, 0.3) is 0 Å². The number of rotatable bonds is 6. The van der Waals surface area contributed by atoms with Crippen molar-refractivity contribution in [3.8, 4) is 0 Å². The van der Waals surface area contributed by atoms with E-state index in [1.807, 2.05) is 39.0 Å². The summed E-state index contributed by atoms with van der Waals surface area (Å²) in [7, 11) is 0. The van der Waals surface area contributed by atoms with Gasteiger partial charge < -0.3 is 9.47 Å². The van der Waals surface area contributed by atoms with Crippen LogP contribution in [0.25, 0.3) is 0 Å². The second kappa shape index (κ2) is 4.84. The van der Waals surface area contributed by atoms with Crippen LogP contribution in [0.15, 0.2) is 30.3 Å². The summed E-state index contributed by atoms with van der Waals surface area (Å²) in [5.74, 6) is -0.00180. The molecule has 0 spiro atoms. The lowest BCUT2D eigenvalue weighted by atomic mass is 10.1. The van der Waals surface area contributed by atoms with Crippen LogP contribution in [0.5, 0.6) is 0 Å². The zero-order chi connectivity index (χ0) is 15.1. The smallest absolute Gasteiger partial charge is 0.313 e. The van der Waals surface area contributed by atoms with Crippen molar-refractivity contribution >= 4 is 5.97 Å². The van der Waals surface area contributed by atoms with Gasteiger partial charge in [-0.05, 0) is 51.0 Å². The van der Waals surface area contributed by atoms with E-state index < -0.39 is 0 Å². The number of hydrogen-bond acceptors (Lipinski definition) is 3. The lowest BCUT2D eigenvalue weighted by Gasteiger charge is -2.20. The maximum atomic E-state index is 12.2. The molecule has 0 radical (unpaired) electrons. The molecule has 3 heteroatoms. The molecule has 0 bridgehead atoms. The first kappa shape index (κ1) is 14.6. The van der Waals surface area contributed by atoms with Crippen LogP contribution in [0.3, 0.4) is 0 Å². The van der Waals surface area contributed by atoms with E-state index in [4.69, 9.17) is 9.47 Å². The lowest BCUT2D eigenvalue weighted by molar-refractivity contribution is -0.159. The number of carbonyl (C=O) groups excluding carboxylic acids is 1. The number of benzene rings is 1. The number of esters is 1. The van der Waals surface area contributed by atoms with E-state index in [1.165, 1.54) is 5.56 Å². The Morgan fingerprint density at radius 2 is 1.86 bits per heavy atom.